The number of rotatable bonds is 4. The predicted octanol–water partition coefficient (Wildman–Crippen LogP) is 1.76. The molecule has 0 aromatic heterocycles. The van der Waals surface area contributed by atoms with Gasteiger partial charge in [-0.1, -0.05) is 18.2 Å². The Balaban J connectivity index is 1.84. The lowest BCUT2D eigenvalue weighted by molar-refractivity contribution is -0.131. The van der Waals surface area contributed by atoms with Gasteiger partial charge in [0.1, 0.15) is 0 Å². The Hall–Kier alpha value is -1.81. The van der Waals surface area contributed by atoms with Crippen molar-refractivity contribution in [1.82, 2.24) is 4.90 Å². The SMILES string of the molecule is Cc1cccc(N2CCN(C/C=C/C(=O)O)CC2)c1. The number of nitrogens with zero attached hydrogens (tertiary/aromatic N) is 2. The number of hydrogen-bond donors (Lipinski definition) is 1. The molecule has 19 heavy (non-hydrogen) atoms. The van der Waals surface area contributed by atoms with E-state index in [0.717, 1.165) is 26.2 Å². The third-order valence-corrected chi connectivity index (χ3v) is 3.36. The van der Waals surface area contributed by atoms with Crippen LogP contribution in [0.25, 0.3) is 0 Å². The van der Waals surface area contributed by atoms with Gasteiger partial charge in [0.2, 0.25) is 0 Å². The number of carboxylic acid groups (broad SMARTS) is 1. The van der Waals surface area contributed by atoms with E-state index in [0.29, 0.717) is 6.54 Å². The monoisotopic (exact) mass is 260 g/mol. The summed E-state index contributed by atoms with van der Waals surface area (Å²) < 4.78 is 0. The number of hydrogen-bond acceptors (Lipinski definition) is 3. The third-order valence-electron chi connectivity index (χ3n) is 3.36. The van der Waals surface area contributed by atoms with Crippen molar-refractivity contribution >= 4 is 11.7 Å². The molecule has 0 atom stereocenters. The summed E-state index contributed by atoms with van der Waals surface area (Å²) in [5.41, 5.74) is 2.56. The van der Waals surface area contributed by atoms with E-state index in [1.54, 1.807) is 6.08 Å². The first-order valence-corrected chi connectivity index (χ1v) is 6.58. The molecular formula is C15H20N2O2. The highest BCUT2D eigenvalue weighted by molar-refractivity contribution is 5.79. The molecule has 2 rings (SSSR count). The Morgan fingerprint density at radius 2 is 2.05 bits per heavy atom. The van der Waals surface area contributed by atoms with Crippen molar-refractivity contribution in [3.63, 3.8) is 0 Å². The number of anilines is 1. The van der Waals surface area contributed by atoms with Crippen LogP contribution in [0, 0.1) is 6.92 Å². The minimum Gasteiger partial charge on any atom is -0.478 e. The van der Waals surface area contributed by atoms with Crippen LogP contribution >= 0.6 is 0 Å². The van der Waals surface area contributed by atoms with Gasteiger partial charge in [0.25, 0.3) is 0 Å². The van der Waals surface area contributed by atoms with E-state index < -0.39 is 5.97 Å². The fourth-order valence-corrected chi connectivity index (χ4v) is 2.32. The summed E-state index contributed by atoms with van der Waals surface area (Å²) in [5, 5.41) is 8.55. The van der Waals surface area contributed by atoms with Crippen LogP contribution in [0.5, 0.6) is 0 Å². The molecule has 1 N–H and O–H groups in total. The topological polar surface area (TPSA) is 43.8 Å². The second kappa shape index (κ2) is 6.38. The zero-order chi connectivity index (χ0) is 13.7. The molecule has 0 unspecified atom stereocenters. The minimum atomic E-state index is -0.876. The summed E-state index contributed by atoms with van der Waals surface area (Å²) >= 11 is 0. The van der Waals surface area contributed by atoms with Crippen LogP contribution in [-0.4, -0.2) is 48.7 Å². The molecule has 1 aliphatic heterocycles. The fourth-order valence-electron chi connectivity index (χ4n) is 2.32. The van der Waals surface area contributed by atoms with E-state index in [1.165, 1.54) is 17.3 Å². The van der Waals surface area contributed by atoms with Crippen molar-refractivity contribution in [3.8, 4) is 0 Å². The number of carboxylic acids is 1. The largest absolute Gasteiger partial charge is 0.478 e. The number of benzene rings is 1. The minimum absolute atomic E-state index is 0.716. The van der Waals surface area contributed by atoms with E-state index in [2.05, 4.69) is 41.0 Å². The van der Waals surface area contributed by atoms with Crippen molar-refractivity contribution in [2.75, 3.05) is 37.6 Å². The first-order chi connectivity index (χ1) is 9.15. The fraction of sp³-hybridized carbons (Fsp3) is 0.400. The lowest BCUT2D eigenvalue weighted by Crippen LogP contribution is -2.46. The molecule has 0 bridgehead atoms. The van der Waals surface area contributed by atoms with Crippen molar-refractivity contribution in [3.05, 3.63) is 42.0 Å². The number of aryl methyl sites for hydroxylation is 1. The molecular weight excluding hydrogens is 240 g/mol. The van der Waals surface area contributed by atoms with E-state index in [9.17, 15) is 4.79 Å². The maximum atomic E-state index is 10.4. The first kappa shape index (κ1) is 13.6. The summed E-state index contributed by atoms with van der Waals surface area (Å²) in [4.78, 5) is 15.0. The molecule has 0 saturated carbocycles. The Labute approximate surface area is 113 Å². The molecule has 1 aromatic carbocycles. The van der Waals surface area contributed by atoms with Gasteiger partial charge in [0.15, 0.2) is 0 Å². The summed E-state index contributed by atoms with van der Waals surface area (Å²) in [7, 11) is 0. The van der Waals surface area contributed by atoms with Crippen LogP contribution in [0.1, 0.15) is 5.56 Å². The molecule has 4 nitrogen and oxygen atoms in total. The predicted molar refractivity (Wildman–Crippen MR) is 76.6 cm³/mol. The lowest BCUT2D eigenvalue weighted by atomic mass is 10.2. The summed E-state index contributed by atoms with van der Waals surface area (Å²) in [6.07, 6.45) is 2.93. The van der Waals surface area contributed by atoms with Crippen LogP contribution in [-0.2, 0) is 4.79 Å². The molecule has 0 radical (unpaired) electrons. The summed E-state index contributed by atoms with van der Waals surface area (Å²) in [5.74, 6) is -0.876. The smallest absolute Gasteiger partial charge is 0.328 e. The maximum Gasteiger partial charge on any atom is 0.328 e. The van der Waals surface area contributed by atoms with Crippen LogP contribution in [0.2, 0.25) is 0 Å². The average Bonchev–Trinajstić information content (AvgIpc) is 2.39. The van der Waals surface area contributed by atoms with Gasteiger partial charge in [-0.25, -0.2) is 4.79 Å². The molecule has 1 fully saturated rings. The van der Waals surface area contributed by atoms with Gasteiger partial charge in [-0.2, -0.15) is 0 Å². The molecule has 0 spiro atoms. The van der Waals surface area contributed by atoms with E-state index in [1.807, 2.05) is 0 Å². The summed E-state index contributed by atoms with van der Waals surface area (Å²) in [6, 6.07) is 8.55. The van der Waals surface area contributed by atoms with Gasteiger partial charge in [-0.05, 0) is 24.6 Å². The molecule has 1 heterocycles. The normalized spacial score (nSPS) is 17.0. The van der Waals surface area contributed by atoms with Gasteiger partial charge in [-0.15, -0.1) is 0 Å². The number of aliphatic carboxylic acids is 1. The highest BCUT2D eigenvalue weighted by Gasteiger charge is 2.16. The molecule has 102 valence electrons. The van der Waals surface area contributed by atoms with Gasteiger partial charge in [-0.3, -0.25) is 4.90 Å². The molecule has 0 amide bonds. The second-order valence-electron chi connectivity index (χ2n) is 4.87. The van der Waals surface area contributed by atoms with Crippen LogP contribution in [0.15, 0.2) is 36.4 Å². The van der Waals surface area contributed by atoms with Crippen molar-refractivity contribution < 1.29 is 9.90 Å². The summed E-state index contributed by atoms with van der Waals surface area (Å²) in [6.45, 7) is 6.74. The van der Waals surface area contributed by atoms with Gasteiger partial charge in [0.05, 0.1) is 0 Å². The second-order valence-corrected chi connectivity index (χ2v) is 4.87. The van der Waals surface area contributed by atoms with Crippen molar-refractivity contribution in [2.45, 2.75) is 6.92 Å². The van der Waals surface area contributed by atoms with Crippen LogP contribution < -0.4 is 4.90 Å². The molecule has 1 aromatic rings. The number of piperazine rings is 1. The lowest BCUT2D eigenvalue weighted by Gasteiger charge is -2.35. The molecule has 0 aliphatic carbocycles. The Kier molecular flexibility index (Phi) is 4.58. The van der Waals surface area contributed by atoms with Crippen LogP contribution in [0.3, 0.4) is 0 Å². The Morgan fingerprint density at radius 1 is 1.32 bits per heavy atom. The van der Waals surface area contributed by atoms with Gasteiger partial charge < -0.3 is 10.0 Å². The van der Waals surface area contributed by atoms with E-state index in [-0.39, 0.29) is 0 Å². The van der Waals surface area contributed by atoms with Crippen molar-refractivity contribution in [2.24, 2.45) is 0 Å². The van der Waals surface area contributed by atoms with E-state index in [4.69, 9.17) is 5.11 Å². The highest BCUT2D eigenvalue weighted by Crippen LogP contribution is 2.17. The standard InChI is InChI=1S/C15H20N2O2/c1-13-4-2-5-14(12-13)17-10-8-16(9-11-17)7-3-6-15(18)19/h2-6,12H,7-11H2,1H3,(H,18,19)/b6-3+. The zero-order valence-corrected chi connectivity index (χ0v) is 11.2. The molecule has 1 saturated heterocycles. The zero-order valence-electron chi connectivity index (χ0n) is 11.2. The Bertz CT molecular complexity index is 463. The number of carbonyl (C=O) groups is 1. The highest BCUT2D eigenvalue weighted by atomic mass is 16.4. The van der Waals surface area contributed by atoms with Gasteiger partial charge in [0, 0.05) is 44.5 Å². The third kappa shape index (κ3) is 4.10. The quantitative estimate of drug-likeness (QED) is 0.838. The molecule has 4 heteroatoms. The average molecular weight is 260 g/mol. The maximum absolute atomic E-state index is 10.4. The first-order valence-electron chi connectivity index (χ1n) is 6.58. The van der Waals surface area contributed by atoms with Crippen molar-refractivity contribution in [1.29, 1.82) is 0 Å². The Morgan fingerprint density at radius 3 is 2.68 bits per heavy atom. The van der Waals surface area contributed by atoms with Crippen LogP contribution in [0.4, 0.5) is 5.69 Å². The van der Waals surface area contributed by atoms with E-state index >= 15 is 0 Å². The van der Waals surface area contributed by atoms with Gasteiger partial charge >= 0.3 is 5.97 Å². The molecule has 1 aliphatic rings.